The van der Waals surface area contributed by atoms with Gasteiger partial charge >= 0.3 is 0 Å². The Hall–Kier alpha value is -2.10. The van der Waals surface area contributed by atoms with Crippen molar-refractivity contribution in [2.45, 2.75) is 43.9 Å². The van der Waals surface area contributed by atoms with Gasteiger partial charge in [-0.05, 0) is 25.0 Å². The number of aromatic nitrogens is 3. The van der Waals surface area contributed by atoms with E-state index in [0.29, 0.717) is 24.4 Å². The zero-order valence-electron chi connectivity index (χ0n) is 16.6. The smallest absolute Gasteiger partial charge is 0.246 e. The molecule has 1 aliphatic rings. The molecule has 0 atom stereocenters. The van der Waals surface area contributed by atoms with E-state index in [0.717, 1.165) is 0 Å². The molecule has 0 unspecified atom stereocenters. The van der Waals surface area contributed by atoms with Crippen LogP contribution in [0.3, 0.4) is 0 Å². The van der Waals surface area contributed by atoms with E-state index in [-0.39, 0.29) is 40.4 Å². The summed E-state index contributed by atoms with van der Waals surface area (Å²) >= 11 is 5.94. The van der Waals surface area contributed by atoms with Crippen molar-refractivity contribution in [1.82, 2.24) is 19.3 Å². The van der Waals surface area contributed by atoms with Crippen LogP contribution in [-0.2, 0) is 20.2 Å². The average molecular weight is 438 g/mol. The number of carbonyl (C=O) groups excluding carboxylic acids is 1. The van der Waals surface area contributed by atoms with Crippen molar-refractivity contribution in [3.8, 4) is 0 Å². The summed E-state index contributed by atoms with van der Waals surface area (Å²) in [6, 6.07) is 2.97. The van der Waals surface area contributed by atoms with E-state index in [9.17, 15) is 13.2 Å². The average Bonchev–Trinajstić information content (AvgIpc) is 2.68. The van der Waals surface area contributed by atoms with E-state index >= 15 is 0 Å². The molecule has 1 amide bonds. The van der Waals surface area contributed by atoms with Gasteiger partial charge in [-0.3, -0.25) is 4.79 Å². The molecule has 3 rings (SSSR count). The summed E-state index contributed by atoms with van der Waals surface area (Å²) < 4.78 is 26.9. The van der Waals surface area contributed by atoms with Crippen LogP contribution in [-0.4, -0.2) is 46.7 Å². The summed E-state index contributed by atoms with van der Waals surface area (Å²) in [6.45, 7) is 6.53. The van der Waals surface area contributed by atoms with Crippen molar-refractivity contribution in [2.75, 3.05) is 18.4 Å². The maximum atomic E-state index is 12.8. The van der Waals surface area contributed by atoms with Crippen LogP contribution in [0.25, 0.3) is 0 Å². The van der Waals surface area contributed by atoms with E-state index in [4.69, 9.17) is 11.6 Å². The molecule has 10 heteroatoms. The highest BCUT2D eigenvalue weighted by Crippen LogP contribution is 2.27. The highest BCUT2D eigenvalue weighted by molar-refractivity contribution is 7.89. The second-order valence-corrected chi connectivity index (χ2v) is 10.3. The monoisotopic (exact) mass is 437 g/mol. The number of hydrogen-bond acceptors (Lipinski definition) is 6. The van der Waals surface area contributed by atoms with Crippen molar-refractivity contribution >= 4 is 33.2 Å². The summed E-state index contributed by atoms with van der Waals surface area (Å²) in [5.74, 6) is 0.254. The van der Waals surface area contributed by atoms with Gasteiger partial charge in [-0.2, -0.15) is 4.31 Å². The topological polar surface area (TPSA) is 105 Å². The maximum absolute atomic E-state index is 12.8. The first-order valence-electron chi connectivity index (χ1n) is 9.33. The molecule has 8 nitrogen and oxygen atoms in total. The number of anilines is 1. The minimum absolute atomic E-state index is 0.0133. The van der Waals surface area contributed by atoms with Crippen LogP contribution in [0.5, 0.6) is 0 Å². The third-order valence-corrected chi connectivity index (χ3v) is 7.10. The second kappa shape index (κ2) is 8.33. The maximum Gasteiger partial charge on any atom is 0.246 e. The van der Waals surface area contributed by atoms with Crippen LogP contribution in [0.2, 0.25) is 5.15 Å². The van der Waals surface area contributed by atoms with Gasteiger partial charge in [0.2, 0.25) is 15.9 Å². The van der Waals surface area contributed by atoms with Gasteiger partial charge in [0, 0.05) is 30.6 Å². The van der Waals surface area contributed by atoms with Crippen LogP contribution < -0.4 is 5.32 Å². The molecule has 0 aliphatic carbocycles. The first-order valence-corrected chi connectivity index (χ1v) is 11.1. The molecule has 1 fully saturated rings. The number of nitrogens with one attached hydrogen (secondary N) is 1. The summed E-state index contributed by atoms with van der Waals surface area (Å²) in [5, 5.41) is 2.77. The standard InChI is InChI=1S/C19H24ClN5O3S/c1-19(2,3)18-22-11-14(12-23-18)24-17(26)13-6-9-25(10-7-13)29(27,28)15-5-4-8-21-16(15)20/h4-5,8,11-13H,6-7,9-10H2,1-3H3,(H,24,26). The third kappa shape index (κ3) is 4.91. The first-order chi connectivity index (χ1) is 13.6. The Labute approximate surface area is 175 Å². The van der Waals surface area contributed by atoms with Crippen molar-refractivity contribution in [3.05, 3.63) is 41.7 Å². The lowest BCUT2D eigenvalue weighted by molar-refractivity contribution is -0.120. The van der Waals surface area contributed by atoms with Gasteiger partial charge < -0.3 is 5.32 Å². The molecule has 0 spiro atoms. The minimum atomic E-state index is -3.73. The molecule has 3 heterocycles. The second-order valence-electron chi connectivity index (χ2n) is 8.01. The third-order valence-electron chi connectivity index (χ3n) is 4.76. The number of pyridine rings is 1. The Kier molecular flexibility index (Phi) is 6.21. The van der Waals surface area contributed by atoms with Gasteiger partial charge in [0.15, 0.2) is 0 Å². The number of rotatable bonds is 4. The quantitative estimate of drug-likeness (QED) is 0.737. The highest BCUT2D eigenvalue weighted by Gasteiger charge is 2.33. The lowest BCUT2D eigenvalue weighted by Crippen LogP contribution is -2.41. The number of hydrogen-bond donors (Lipinski definition) is 1. The molecular formula is C19H24ClN5O3S. The van der Waals surface area contributed by atoms with E-state index in [1.807, 2.05) is 20.8 Å². The van der Waals surface area contributed by atoms with E-state index < -0.39 is 10.0 Å². The summed E-state index contributed by atoms with van der Waals surface area (Å²) in [4.78, 5) is 25.0. The van der Waals surface area contributed by atoms with Gasteiger partial charge in [0.1, 0.15) is 15.9 Å². The molecule has 29 heavy (non-hydrogen) atoms. The SMILES string of the molecule is CC(C)(C)c1ncc(NC(=O)C2CCN(S(=O)(=O)c3cccnc3Cl)CC2)cn1. The Balaban J connectivity index is 1.60. The Bertz CT molecular complexity index is 982. The van der Waals surface area contributed by atoms with Crippen molar-refractivity contribution in [2.24, 2.45) is 5.92 Å². The molecule has 1 aliphatic heterocycles. The summed E-state index contributed by atoms with van der Waals surface area (Å²) in [7, 11) is -3.73. The fourth-order valence-electron chi connectivity index (χ4n) is 3.09. The lowest BCUT2D eigenvalue weighted by Gasteiger charge is -2.30. The molecule has 1 saturated heterocycles. The zero-order chi connectivity index (χ0) is 21.2. The number of piperidine rings is 1. The highest BCUT2D eigenvalue weighted by atomic mass is 35.5. The fraction of sp³-hybridized carbons (Fsp3) is 0.474. The number of nitrogens with zero attached hydrogens (tertiary/aromatic N) is 4. The molecule has 0 aromatic carbocycles. The minimum Gasteiger partial charge on any atom is -0.323 e. The summed E-state index contributed by atoms with van der Waals surface area (Å²) in [6.07, 6.45) is 5.47. The number of sulfonamides is 1. The van der Waals surface area contributed by atoms with Crippen LogP contribution in [0.1, 0.15) is 39.4 Å². The molecule has 0 radical (unpaired) electrons. The van der Waals surface area contributed by atoms with E-state index in [1.54, 1.807) is 12.4 Å². The number of carbonyl (C=O) groups is 1. The molecule has 0 saturated carbocycles. The Morgan fingerprint density at radius 3 is 2.34 bits per heavy atom. The van der Waals surface area contributed by atoms with Crippen LogP contribution in [0.4, 0.5) is 5.69 Å². The largest absolute Gasteiger partial charge is 0.323 e. The molecule has 1 N–H and O–H groups in total. The van der Waals surface area contributed by atoms with Crippen LogP contribution in [0, 0.1) is 5.92 Å². The number of amides is 1. The molecule has 0 bridgehead atoms. The van der Waals surface area contributed by atoms with Gasteiger partial charge in [-0.25, -0.2) is 23.4 Å². The van der Waals surface area contributed by atoms with Gasteiger partial charge in [0.25, 0.3) is 0 Å². The first kappa shape index (κ1) is 21.6. The van der Waals surface area contributed by atoms with E-state index in [2.05, 4.69) is 20.3 Å². The Morgan fingerprint density at radius 1 is 1.17 bits per heavy atom. The van der Waals surface area contributed by atoms with Gasteiger partial charge in [-0.15, -0.1) is 0 Å². The van der Waals surface area contributed by atoms with Crippen molar-refractivity contribution in [3.63, 3.8) is 0 Å². The zero-order valence-corrected chi connectivity index (χ0v) is 18.2. The van der Waals surface area contributed by atoms with Crippen molar-refractivity contribution in [1.29, 1.82) is 0 Å². The molecule has 156 valence electrons. The molecule has 2 aromatic heterocycles. The van der Waals surface area contributed by atoms with Gasteiger partial charge in [-0.1, -0.05) is 32.4 Å². The van der Waals surface area contributed by atoms with Crippen LogP contribution in [0.15, 0.2) is 35.6 Å². The Morgan fingerprint density at radius 2 is 1.79 bits per heavy atom. The number of halogens is 1. The molecule has 2 aromatic rings. The van der Waals surface area contributed by atoms with E-state index in [1.165, 1.54) is 22.6 Å². The predicted octanol–water partition coefficient (Wildman–Crippen LogP) is 2.86. The summed E-state index contributed by atoms with van der Waals surface area (Å²) in [5.41, 5.74) is 0.359. The lowest BCUT2D eigenvalue weighted by atomic mass is 9.96. The predicted molar refractivity (Wildman–Crippen MR) is 110 cm³/mol. The molecular weight excluding hydrogens is 414 g/mol. The fourth-order valence-corrected chi connectivity index (χ4v) is 4.98. The normalized spacial score (nSPS) is 16.6. The van der Waals surface area contributed by atoms with Crippen molar-refractivity contribution < 1.29 is 13.2 Å². The van der Waals surface area contributed by atoms with Crippen LogP contribution >= 0.6 is 11.6 Å². The van der Waals surface area contributed by atoms with Gasteiger partial charge in [0.05, 0.1) is 18.1 Å².